The predicted octanol–water partition coefficient (Wildman–Crippen LogP) is 12.7. The lowest BCUT2D eigenvalue weighted by atomic mass is 9.82. The summed E-state index contributed by atoms with van der Waals surface area (Å²) in [5, 5.41) is 0. The maximum atomic E-state index is 12.5. The molecule has 18 fully saturated rings. The Kier molecular flexibility index (Phi) is 24.0. The van der Waals surface area contributed by atoms with Gasteiger partial charge in [0.05, 0.1) is 79.3 Å². The molecule has 0 radical (unpaired) electrons. The Balaban J connectivity index is 0.000000119. The number of para-hydroxylation sites is 1. The molecule has 0 spiro atoms. The van der Waals surface area contributed by atoms with Crippen LogP contribution in [0.4, 0.5) is 0 Å². The third kappa shape index (κ3) is 18.2. The van der Waals surface area contributed by atoms with Crippen molar-refractivity contribution in [2.75, 3.05) is 126 Å². The van der Waals surface area contributed by atoms with Gasteiger partial charge < -0.3 is 14.2 Å². The molecule has 4 aromatic carbocycles. The van der Waals surface area contributed by atoms with Gasteiger partial charge >= 0.3 is 46.9 Å². The summed E-state index contributed by atoms with van der Waals surface area (Å²) < 4.78 is 176. The lowest BCUT2D eigenvalue weighted by Crippen LogP contribution is -2.55. The first-order chi connectivity index (χ1) is 46.7. The minimum absolute atomic E-state index is 0.0860. The predicted molar refractivity (Wildman–Crippen MR) is 343 cm³/mol. The second-order valence-corrected chi connectivity index (χ2v) is 35.3. The van der Waals surface area contributed by atoms with Crippen LogP contribution in [0, 0.1) is 30.1 Å². The number of phosphoric ester groups is 6. The van der Waals surface area contributed by atoms with Gasteiger partial charge in [-0.2, -0.15) is 0 Å². The van der Waals surface area contributed by atoms with E-state index < -0.39 is 80.0 Å². The van der Waals surface area contributed by atoms with Crippen molar-refractivity contribution in [1.82, 2.24) is 0 Å². The molecular formula is C62H80O30P6. The number of rotatable bonds is 17. The van der Waals surface area contributed by atoms with E-state index >= 15 is 0 Å². The van der Waals surface area contributed by atoms with E-state index in [-0.39, 0.29) is 116 Å². The summed E-state index contributed by atoms with van der Waals surface area (Å²) in [4.78, 5) is 37.0. The van der Waals surface area contributed by atoms with E-state index in [0.717, 1.165) is 35.5 Å². The van der Waals surface area contributed by atoms with Gasteiger partial charge in [0, 0.05) is 24.2 Å². The van der Waals surface area contributed by atoms with E-state index in [1.54, 1.807) is 30.3 Å². The molecule has 0 unspecified atom stereocenters. The van der Waals surface area contributed by atoms with Gasteiger partial charge in [0.1, 0.15) is 78.8 Å². The van der Waals surface area contributed by atoms with Crippen molar-refractivity contribution in [2.24, 2.45) is 16.2 Å². The van der Waals surface area contributed by atoms with Crippen LogP contribution in [0.1, 0.15) is 84.2 Å². The van der Waals surface area contributed by atoms with Gasteiger partial charge in [0.25, 0.3) is 0 Å². The molecule has 538 valence electrons. The van der Waals surface area contributed by atoms with Crippen LogP contribution in [0.25, 0.3) is 0 Å². The highest BCUT2D eigenvalue weighted by atomic mass is 31.2. The number of benzene rings is 4. The Labute approximate surface area is 567 Å². The molecule has 18 heterocycles. The molecule has 36 heteroatoms. The quantitative estimate of drug-likeness (QED) is 0.0538. The highest BCUT2D eigenvalue weighted by Gasteiger charge is 2.59. The van der Waals surface area contributed by atoms with Gasteiger partial charge in [-0.15, -0.1) is 0 Å². The fourth-order valence-electron chi connectivity index (χ4n) is 11.1. The molecule has 18 aliphatic heterocycles. The first kappa shape index (κ1) is 75.3. The van der Waals surface area contributed by atoms with Gasteiger partial charge in [-0.1, -0.05) is 117 Å². The van der Waals surface area contributed by atoms with Crippen LogP contribution >= 0.6 is 46.9 Å². The topological polar surface area (TPSA) is 347 Å². The number of ketones is 3. The van der Waals surface area contributed by atoms with Crippen molar-refractivity contribution >= 4 is 64.3 Å². The average molecular weight is 1490 g/mol. The maximum Gasteiger partial charge on any atom is 0.475 e. The molecule has 0 aliphatic carbocycles. The smallest absolute Gasteiger partial charge is 0.475 e. The van der Waals surface area contributed by atoms with Crippen molar-refractivity contribution < 1.29 is 137 Å². The highest BCUT2D eigenvalue weighted by molar-refractivity contribution is 7.50. The molecule has 0 amide bonds. The minimum atomic E-state index is -3.36. The Morgan fingerprint density at radius 2 is 0.663 bits per heavy atom. The summed E-state index contributed by atoms with van der Waals surface area (Å²) in [6.45, 7) is 12.0. The van der Waals surface area contributed by atoms with Gasteiger partial charge in [0.15, 0.2) is 22.8 Å². The SMILES string of the molecule is CCCCCCCC(=O)C12COP(=O)(OC1)OC2.CCOC12COP(=O)(OC1)OC2.Cc1cccc(C(=O)C23COP(=O)(OC2)OC3)c1.Cc1cccc(OC23COP(=O)(OC2)OC3)c1.O=C(c1ccccc1)C12COP(=O)(OC1)OC2.O=P12OCC(Oc3ccccc3)(CO1)CO2. The van der Waals surface area contributed by atoms with Crippen LogP contribution in [0.15, 0.2) is 109 Å². The normalized spacial score (nSPS) is 36.9. The van der Waals surface area contributed by atoms with E-state index in [0.29, 0.717) is 44.0 Å². The maximum absolute atomic E-state index is 12.5. The minimum Gasteiger partial charge on any atom is -0.480 e. The summed E-state index contributed by atoms with van der Waals surface area (Å²) in [6, 6.07) is 33.3. The molecule has 98 heavy (non-hydrogen) atoms. The summed E-state index contributed by atoms with van der Waals surface area (Å²) in [6.07, 6.45) is 6.11. The van der Waals surface area contributed by atoms with Crippen LogP contribution < -0.4 is 9.47 Å². The van der Waals surface area contributed by atoms with E-state index in [4.69, 9.17) is 95.6 Å². The Morgan fingerprint density at radius 3 is 1.05 bits per heavy atom. The number of hydrogen-bond acceptors (Lipinski definition) is 30. The fourth-order valence-corrected chi connectivity index (χ4v) is 19.6. The standard InChI is InChI=1S/C12H13O5P.C12H21O5P.C11H13O5P.C11H11O5P.C10H11O5P.C6H11O5P/c1-9-3-2-4-10(5-9)11(13)12-6-15-18(14,16-7-12)17-8-12;1-2-3-4-5-6-7-11(13)12-8-15-18(14,16-9-12)17-10-12;1-9-3-2-4-10(5-9)16-11-6-13-17(12,14-7-11)15-8-11;12-10(9-4-2-1-3-5-9)11-6-14-17(13,15-7-11)16-8-11;11-16-12-6-10(7-13-16,8-14-16)15-9-4-2-1-3-5-9;1-2-8-6-3-9-12(7,10-4-6)11-5-6/h2-5H,6-8H2,1H3;2-10H2,1H3;2-5H,6-8H2,1H3;1-5H,6-8H2;1-5H,6-8H2;2-5H2,1H3. The highest BCUT2D eigenvalue weighted by Crippen LogP contribution is 2.64. The monoisotopic (exact) mass is 1490 g/mol. The summed E-state index contributed by atoms with van der Waals surface area (Å²) in [5.41, 5.74) is -0.999. The van der Waals surface area contributed by atoms with Crippen LogP contribution in [0.3, 0.4) is 0 Å². The number of carbonyl (C=O) groups is 3. The zero-order valence-corrected chi connectivity index (χ0v) is 59.9. The molecule has 22 rings (SSSR count). The molecule has 30 nitrogen and oxygen atoms in total. The number of carbonyl (C=O) groups excluding carboxylic acids is 3. The van der Waals surface area contributed by atoms with Gasteiger partial charge in [-0.05, 0) is 63.1 Å². The average Bonchev–Trinajstić information content (AvgIpc) is 0.773. The number of aryl methyl sites for hydroxylation is 2. The number of unbranched alkanes of at least 4 members (excludes halogenated alkanes) is 4. The molecule has 18 saturated heterocycles. The van der Waals surface area contributed by atoms with Crippen molar-refractivity contribution in [3.05, 3.63) is 131 Å². The zero-order chi connectivity index (χ0) is 69.5. The van der Waals surface area contributed by atoms with Crippen LogP contribution in [-0.2, 0) is 118 Å². The van der Waals surface area contributed by atoms with Crippen molar-refractivity contribution in [1.29, 1.82) is 0 Å². The Bertz CT molecular complexity index is 3590. The molecule has 0 N–H and O–H groups in total. The summed E-state index contributed by atoms with van der Waals surface area (Å²) in [7, 11) is -19.7. The number of ether oxygens (including phenoxy) is 3. The first-order valence-electron chi connectivity index (χ1n) is 31.8. The van der Waals surface area contributed by atoms with E-state index in [1.807, 2.05) is 99.6 Å². The van der Waals surface area contributed by atoms with E-state index in [2.05, 4.69) is 6.92 Å². The third-order valence-corrected chi connectivity index (χ3v) is 25.1. The number of fused-ring (bicyclic) bond motifs is 18. The van der Waals surface area contributed by atoms with E-state index in [1.165, 1.54) is 19.3 Å². The van der Waals surface area contributed by atoms with Crippen molar-refractivity contribution in [2.45, 2.75) is 83.0 Å². The van der Waals surface area contributed by atoms with Crippen LogP contribution in [0.5, 0.6) is 11.5 Å². The molecule has 0 saturated carbocycles. The lowest BCUT2D eigenvalue weighted by molar-refractivity contribution is -0.180. The van der Waals surface area contributed by atoms with E-state index in [9.17, 15) is 41.8 Å². The fraction of sp³-hybridized carbons (Fsp3) is 0.565. The van der Waals surface area contributed by atoms with Crippen LogP contribution in [0.2, 0.25) is 0 Å². The number of Topliss-reactive ketones (excluding diaryl/α,β-unsaturated/α-hetero) is 3. The molecular weight excluding hydrogens is 1410 g/mol. The summed E-state index contributed by atoms with van der Waals surface area (Å²) >= 11 is 0. The van der Waals surface area contributed by atoms with Gasteiger partial charge in [-0.25, -0.2) is 27.4 Å². The van der Waals surface area contributed by atoms with Crippen LogP contribution in [-0.4, -0.2) is 160 Å². The van der Waals surface area contributed by atoms with Crippen molar-refractivity contribution in [3.63, 3.8) is 0 Å². The molecule has 0 aromatic heterocycles. The largest absolute Gasteiger partial charge is 0.480 e. The lowest BCUT2D eigenvalue weighted by Gasteiger charge is -2.43. The van der Waals surface area contributed by atoms with Gasteiger partial charge in [0.2, 0.25) is 0 Å². The second kappa shape index (κ2) is 31.2. The number of hydrogen-bond donors (Lipinski definition) is 0. The molecule has 4 aromatic rings. The van der Waals surface area contributed by atoms with Crippen molar-refractivity contribution in [3.8, 4) is 11.5 Å². The molecule has 12 bridgehead atoms. The zero-order valence-electron chi connectivity index (χ0n) is 54.5. The molecule has 18 aliphatic rings. The molecule has 0 atom stereocenters. The summed E-state index contributed by atoms with van der Waals surface area (Å²) in [5.74, 6) is 1.39. The number of phosphoric acid groups is 6. The van der Waals surface area contributed by atoms with Gasteiger partial charge in [-0.3, -0.25) is 95.8 Å². The Morgan fingerprint density at radius 1 is 0.347 bits per heavy atom. The third-order valence-electron chi connectivity index (χ3n) is 17.1. The second-order valence-electron chi connectivity index (χ2n) is 25.2. The Hall–Kier alpha value is -3.89. The first-order valence-corrected chi connectivity index (χ1v) is 40.6.